The predicted octanol–water partition coefficient (Wildman–Crippen LogP) is 2.12. The van der Waals surface area contributed by atoms with E-state index in [1.807, 2.05) is 0 Å². The Bertz CT molecular complexity index is 982. The number of aromatic nitrogens is 2. The zero-order valence-corrected chi connectivity index (χ0v) is 13.3. The highest BCUT2D eigenvalue weighted by Crippen LogP contribution is 2.24. The molecule has 9 heteroatoms. The van der Waals surface area contributed by atoms with E-state index >= 15 is 0 Å². The van der Waals surface area contributed by atoms with Crippen LogP contribution in [0.25, 0.3) is 11.0 Å². The smallest absolute Gasteiger partial charge is 0.307 e. The Hall–Kier alpha value is -2.52. The van der Waals surface area contributed by atoms with Crippen LogP contribution in [-0.2, 0) is 21.2 Å². The zero-order valence-electron chi connectivity index (χ0n) is 11.6. The van der Waals surface area contributed by atoms with E-state index in [-0.39, 0.29) is 11.3 Å². The largest absolute Gasteiger partial charge is 0.481 e. The molecule has 2 aromatic carbocycles. The number of nitrogens with zero attached hydrogens (tertiary/aromatic N) is 2. The quantitative estimate of drug-likeness (QED) is 0.730. The minimum Gasteiger partial charge on any atom is -0.481 e. The van der Waals surface area contributed by atoms with Gasteiger partial charge in [0.05, 0.1) is 18.1 Å². The van der Waals surface area contributed by atoms with Gasteiger partial charge in [-0.3, -0.25) is 9.52 Å². The van der Waals surface area contributed by atoms with Gasteiger partial charge < -0.3 is 5.11 Å². The van der Waals surface area contributed by atoms with Crippen molar-refractivity contribution in [2.75, 3.05) is 4.72 Å². The number of carboxylic acids is 1. The Labute approximate surface area is 136 Å². The Morgan fingerprint density at radius 1 is 1.17 bits per heavy atom. The number of anilines is 1. The minimum absolute atomic E-state index is 0.0346. The van der Waals surface area contributed by atoms with E-state index in [9.17, 15) is 13.2 Å². The van der Waals surface area contributed by atoms with Crippen LogP contribution in [0, 0.1) is 0 Å². The highest BCUT2D eigenvalue weighted by Gasteiger charge is 2.19. The third kappa shape index (κ3) is 3.30. The van der Waals surface area contributed by atoms with Crippen molar-refractivity contribution in [1.82, 2.24) is 8.75 Å². The van der Waals surface area contributed by atoms with E-state index in [4.69, 9.17) is 5.11 Å². The molecule has 0 saturated heterocycles. The predicted molar refractivity (Wildman–Crippen MR) is 86.0 cm³/mol. The molecule has 3 rings (SSSR count). The normalized spacial score (nSPS) is 11.5. The van der Waals surface area contributed by atoms with Crippen molar-refractivity contribution in [2.45, 2.75) is 11.3 Å². The topological polar surface area (TPSA) is 109 Å². The van der Waals surface area contributed by atoms with E-state index < -0.39 is 16.0 Å². The molecule has 23 heavy (non-hydrogen) atoms. The number of aliphatic carboxylic acids is 1. The van der Waals surface area contributed by atoms with Crippen LogP contribution >= 0.6 is 11.7 Å². The molecule has 0 saturated carbocycles. The Balaban J connectivity index is 1.95. The summed E-state index contributed by atoms with van der Waals surface area (Å²) in [7, 11) is -3.85. The second kappa shape index (κ2) is 5.94. The van der Waals surface area contributed by atoms with E-state index in [1.54, 1.807) is 30.3 Å². The van der Waals surface area contributed by atoms with Crippen LogP contribution in [0.5, 0.6) is 0 Å². The van der Waals surface area contributed by atoms with Crippen LogP contribution in [0.2, 0.25) is 0 Å². The number of benzene rings is 2. The molecule has 0 bridgehead atoms. The van der Waals surface area contributed by atoms with Crippen molar-refractivity contribution in [3.63, 3.8) is 0 Å². The van der Waals surface area contributed by atoms with Crippen LogP contribution in [0.3, 0.4) is 0 Å². The SMILES string of the molecule is O=C(O)Cc1cccc(NS(=O)(=O)c2cccc3nsnc23)c1. The van der Waals surface area contributed by atoms with Gasteiger partial charge in [-0.25, -0.2) is 8.42 Å². The number of fused-ring (bicyclic) bond motifs is 1. The van der Waals surface area contributed by atoms with Gasteiger partial charge in [0, 0.05) is 5.69 Å². The molecule has 2 N–H and O–H groups in total. The third-order valence-electron chi connectivity index (χ3n) is 3.07. The summed E-state index contributed by atoms with van der Waals surface area (Å²) in [5.41, 5.74) is 1.62. The van der Waals surface area contributed by atoms with Crippen LogP contribution in [-0.4, -0.2) is 28.2 Å². The van der Waals surface area contributed by atoms with Crippen molar-refractivity contribution in [3.8, 4) is 0 Å². The number of carboxylic acid groups (broad SMARTS) is 1. The molecule has 0 aliphatic heterocycles. The van der Waals surface area contributed by atoms with Crippen molar-refractivity contribution in [3.05, 3.63) is 48.0 Å². The van der Waals surface area contributed by atoms with Gasteiger partial charge in [-0.1, -0.05) is 18.2 Å². The number of rotatable bonds is 5. The standard InChI is InChI=1S/C14H11N3O4S2/c18-13(19)8-9-3-1-4-10(7-9)17-23(20,21)12-6-2-5-11-14(12)16-22-15-11/h1-7,17H,8H2,(H,18,19). The molecular formula is C14H11N3O4S2. The average molecular weight is 349 g/mol. The van der Waals surface area contributed by atoms with E-state index in [0.29, 0.717) is 22.3 Å². The summed E-state index contributed by atoms with van der Waals surface area (Å²) in [6.45, 7) is 0. The molecule has 7 nitrogen and oxygen atoms in total. The lowest BCUT2D eigenvalue weighted by Crippen LogP contribution is -2.13. The zero-order chi connectivity index (χ0) is 16.4. The number of hydrogen-bond donors (Lipinski definition) is 2. The summed E-state index contributed by atoms with van der Waals surface area (Å²) in [4.78, 5) is 10.8. The molecule has 0 spiro atoms. The molecule has 3 aromatic rings. The number of sulfonamides is 1. The summed E-state index contributed by atoms with van der Waals surface area (Å²) < 4.78 is 35.6. The van der Waals surface area contributed by atoms with Crippen LogP contribution in [0.15, 0.2) is 47.4 Å². The van der Waals surface area contributed by atoms with Gasteiger partial charge in [0.15, 0.2) is 0 Å². The monoisotopic (exact) mass is 349 g/mol. The third-order valence-corrected chi connectivity index (χ3v) is 5.03. The van der Waals surface area contributed by atoms with Gasteiger partial charge in [-0.2, -0.15) is 8.75 Å². The number of hydrogen-bond acceptors (Lipinski definition) is 6. The van der Waals surface area contributed by atoms with E-state index in [2.05, 4.69) is 13.5 Å². The Kier molecular flexibility index (Phi) is 3.97. The second-order valence-corrected chi connectivity index (χ2v) is 6.94. The highest BCUT2D eigenvalue weighted by molar-refractivity contribution is 7.93. The summed E-state index contributed by atoms with van der Waals surface area (Å²) in [6.07, 6.45) is -0.179. The average Bonchev–Trinajstić information content (AvgIpc) is 2.94. The molecule has 0 aliphatic rings. The fourth-order valence-electron chi connectivity index (χ4n) is 2.13. The van der Waals surface area contributed by atoms with Crippen molar-refractivity contribution < 1.29 is 18.3 Å². The lowest BCUT2D eigenvalue weighted by molar-refractivity contribution is -0.136. The molecule has 0 radical (unpaired) electrons. The first-order chi connectivity index (χ1) is 11.0. The Morgan fingerprint density at radius 3 is 2.74 bits per heavy atom. The Morgan fingerprint density at radius 2 is 1.96 bits per heavy atom. The van der Waals surface area contributed by atoms with Crippen LogP contribution in [0.4, 0.5) is 5.69 Å². The fourth-order valence-corrected chi connectivity index (χ4v) is 3.94. The maximum absolute atomic E-state index is 12.6. The molecular weight excluding hydrogens is 338 g/mol. The van der Waals surface area contributed by atoms with Crippen molar-refractivity contribution in [1.29, 1.82) is 0 Å². The molecule has 0 aliphatic carbocycles. The molecule has 1 aromatic heterocycles. The first-order valence-corrected chi connectivity index (χ1v) is 8.72. The molecule has 1 heterocycles. The van der Waals surface area contributed by atoms with Gasteiger partial charge in [-0.05, 0) is 29.8 Å². The van der Waals surface area contributed by atoms with Crippen molar-refractivity contribution in [2.24, 2.45) is 0 Å². The second-order valence-electron chi connectivity index (χ2n) is 4.76. The van der Waals surface area contributed by atoms with Gasteiger partial charge in [-0.15, -0.1) is 0 Å². The molecule has 0 atom stereocenters. The van der Waals surface area contributed by atoms with E-state index in [1.165, 1.54) is 12.1 Å². The van der Waals surface area contributed by atoms with Gasteiger partial charge in [0.25, 0.3) is 10.0 Å². The van der Waals surface area contributed by atoms with Crippen molar-refractivity contribution >= 4 is 44.4 Å². The molecule has 118 valence electrons. The number of nitrogens with one attached hydrogen (secondary N) is 1. The lowest BCUT2D eigenvalue weighted by atomic mass is 10.1. The number of carbonyl (C=O) groups is 1. The molecule has 0 fully saturated rings. The van der Waals surface area contributed by atoms with Gasteiger partial charge >= 0.3 is 5.97 Å². The van der Waals surface area contributed by atoms with Gasteiger partial charge in [0.2, 0.25) is 0 Å². The lowest BCUT2D eigenvalue weighted by Gasteiger charge is -2.09. The summed E-state index contributed by atoms with van der Waals surface area (Å²) in [5, 5.41) is 8.81. The summed E-state index contributed by atoms with van der Waals surface area (Å²) in [5.74, 6) is -0.983. The van der Waals surface area contributed by atoms with Gasteiger partial charge in [0.1, 0.15) is 15.9 Å². The minimum atomic E-state index is -3.85. The highest BCUT2D eigenvalue weighted by atomic mass is 32.2. The van der Waals surface area contributed by atoms with E-state index in [0.717, 1.165) is 11.7 Å². The fraction of sp³-hybridized carbons (Fsp3) is 0.0714. The maximum Gasteiger partial charge on any atom is 0.307 e. The first-order valence-electron chi connectivity index (χ1n) is 6.50. The summed E-state index contributed by atoms with van der Waals surface area (Å²) >= 11 is 0.941. The maximum atomic E-state index is 12.6. The molecule has 0 amide bonds. The summed E-state index contributed by atoms with van der Waals surface area (Å²) in [6, 6.07) is 11.0. The molecule has 0 unspecified atom stereocenters. The van der Waals surface area contributed by atoms with Crippen LogP contribution < -0.4 is 4.72 Å². The first kappa shape index (κ1) is 15.4. The van der Waals surface area contributed by atoms with Crippen LogP contribution in [0.1, 0.15) is 5.56 Å².